The number of thiophene rings is 1. The third-order valence-corrected chi connectivity index (χ3v) is 5.96. The monoisotopic (exact) mass is 369 g/mol. The Bertz CT molecular complexity index is 792. The number of nitrogens with zero attached hydrogens (tertiary/aromatic N) is 2. The summed E-state index contributed by atoms with van der Waals surface area (Å²) in [6.07, 6.45) is -4.36. The summed E-state index contributed by atoms with van der Waals surface area (Å²) in [6.45, 7) is 5.33. The van der Waals surface area contributed by atoms with E-state index in [0.717, 1.165) is 49.6 Å². The van der Waals surface area contributed by atoms with Gasteiger partial charge in [-0.3, -0.25) is 9.69 Å². The van der Waals surface area contributed by atoms with E-state index >= 15 is 0 Å². The van der Waals surface area contributed by atoms with E-state index < -0.39 is 11.7 Å². The molecule has 3 heterocycles. The number of carbonyl (C=O) groups excluding carboxylic acids is 1. The van der Waals surface area contributed by atoms with Crippen LogP contribution >= 0.6 is 11.3 Å². The molecule has 25 heavy (non-hydrogen) atoms. The van der Waals surface area contributed by atoms with Gasteiger partial charge in [0.25, 0.3) is 5.91 Å². The SMILES string of the molecule is O=C(c1cc2ccc(C(F)(F)F)cc2s1)N1CC(N2CCNCC2)C1. The molecular weight excluding hydrogens is 351 g/mol. The summed E-state index contributed by atoms with van der Waals surface area (Å²) in [5, 5.41) is 3.99. The van der Waals surface area contributed by atoms with Crippen LogP contribution in [0.5, 0.6) is 0 Å². The predicted molar refractivity (Wildman–Crippen MR) is 91.0 cm³/mol. The van der Waals surface area contributed by atoms with Gasteiger partial charge in [0.15, 0.2) is 0 Å². The smallest absolute Gasteiger partial charge is 0.335 e. The summed E-state index contributed by atoms with van der Waals surface area (Å²) in [5.41, 5.74) is -0.677. The zero-order valence-electron chi connectivity index (χ0n) is 13.5. The van der Waals surface area contributed by atoms with E-state index in [9.17, 15) is 18.0 Å². The first-order valence-electron chi connectivity index (χ1n) is 8.27. The molecule has 1 aromatic heterocycles. The van der Waals surface area contributed by atoms with Crippen LogP contribution < -0.4 is 5.32 Å². The first-order chi connectivity index (χ1) is 11.9. The van der Waals surface area contributed by atoms with Crippen LogP contribution in [0, 0.1) is 0 Å². The molecule has 0 bridgehead atoms. The summed E-state index contributed by atoms with van der Waals surface area (Å²) in [5.74, 6) is -0.0823. The molecule has 1 N–H and O–H groups in total. The second-order valence-electron chi connectivity index (χ2n) is 6.51. The number of carbonyl (C=O) groups is 1. The van der Waals surface area contributed by atoms with Crippen LogP contribution in [0.4, 0.5) is 13.2 Å². The number of amides is 1. The second kappa shape index (κ2) is 6.26. The standard InChI is InChI=1S/C17H18F3N3OS/c18-17(19,20)12-2-1-11-7-15(25-14(11)8-12)16(24)23-9-13(10-23)22-5-3-21-4-6-22/h1-2,7-8,13,21H,3-6,9-10H2. The molecule has 4 nitrogen and oxygen atoms in total. The molecule has 0 spiro atoms. The lowest BCUT2D eigenvalue weighted by Gasteiger charge is -2.46. The lowest BCUT2D eigenvalue weighted by Crippen LogP contribution is -2.63. The number of piperazine rings is 1. The maximum absolute atomic E-state index is 12.8. The lowest BCUT2D eigenvalue weighted by atomic mass is 10.1. The minimum atomic E-state index is -4.36. The third kappa shape index (κ3) is 3.26. The topological polar surface area (TPSA) is 35.6 Å². The fourth-order valence-electron chi connectivity index (χ4n) is 3.37. The number of alkyl halides is 3. The summed E-state index contributed by atoms with van der Waals surface area (Å²) in [4.78, 5) is 17.3. The molecule has 134 valence electrons. The third-order valence-electron chi connectivity index (χ3n) is 4.88. The van der Waals surface area contributed by atoms with Crippen molar-refractivity contribution in [2.75, 3.05) is 39.3 Å². The van der Waals surface area contributed by atoms with Gasteiger partial charge in [-0.05, 0) is 23.6 Å². The van der Waals surface area contributed by atoms with Crippen LogP contribution in [-0.2, 0) is 6.18 Å². The van der Waals surface area contributed by atoms with Gasteiger partial charge in [0.1, 0.15) is 0 Å². The van der Waals surface area contributed by atoms with Crippen molar-refractivity contribution in [3.8, 4) is 0 Å². The average molecular weight is 369 g/mol. The molecule has 0 radical (unpaired) electrons. The van der Waals surface area contributed by atoms with E-state index in [1.54, 1.807) is 11.0 Å². The van der Waals surface area contributed by atoms with Crippen LogP contribution in [0.25, 0.3) is 10.1 Å². The van der Waals surface area contributed by atoms with Crippen molar-refractivity contribution in [2.24, 2.45) is 0 Å². The Labute approximate surface area is 147 Å². The lowest BCUT2D eigenvalue weighted by molar-refractivity contribution is -0.137. The molecule has 4 rings (SSSR count). The molecular formula is C17H18F3N3OS. The van der Waals surface area contributed by atoms with Crippen LogP contribution in [-0.4, -0.2) is 61.0 Å². The number of fused-ring (bicyclic) bond motifs is 1. The quantitative estimate of drug-likeness (QED) is 0.884. The molecule has 2 aliphatic heterocycles. The van der Waals surface area contributed by atoms with E-state index in [0.29, 0.717) is 34.1 Å². The molecule has 2 saturated heterocycles. The van der Waals surface area contributed by atoms with Gasteiger partial charge in [-0.1, -0.05) is 6.07 Å². The normalized spacial score (nSPS) is 20.0. The second-order valence-corrected chi connectivity index (χ2v) is 7.59. The fraction of sp³-hybridized carbons (Fsp3) is 0.471. The molecule has 2 fully saturated rings. The van der Waals surface area contributed by atoms with Crippen molar-refractivity contribution in [3.05, 3.63) is 34.7 Å². The van der Waals surface area contributed by atoms with E-state index in [4.69, 9.17) is 0 Å². The van der Waals surface area contributed by atoms with Crippen molar-refractivity contribution in [1.29, 1.82) is 0 Å². The summed E-state index contributed by atoms with van der Waals surface area (Å²) in [6, 6.07) is 5.72. The molecule has 0 saturated carbocycles. The molecule has 1 amide bonds. The number of halogens is 3. The van der Waals surface area contributed by atoms with Gasteiger partial charge < -0.3 is 10.2 Å². The number of benzene rings is 1. The Morgan fingerprint density at radius 2 is 1.88 bits per heavy atom. The van der Waals surface area contributed by atoms with E-state index in [-0.39, 0.29) is 5.91 Å². The van der Waals surface area contributed by atoms with Crippen LogP contribution in [0.2, 0.25) is 0 Å². The van der Waals surface area contributed by atoms with Crippen LogP contribution in [0.3, 0.4) is 0 Å². The van der Waals surface area contributed by atoms with Gasteiger partial charge in [-0.25, -0.2) is 0 Å². The zero-order chi connectivity index (χ0) is 17.6. The summed E-state index contributed by atoms with van der Waals surface area (Å²) < 4.78 is 38.9. The average Bonchev–Trinajstić information content (AvgIpc) is 2.96. The summed E-state index contributed by atoms with van der Waals surface area (Å²) in [7, 11) is 0. The highest BCUT2D eigenvalue weighted by Crippen LogP contribution is 2.35. The van der Waals surface area contributed by atoms with E-state index in [1.165, 1.54) is 6.07 Å². The Morgan fingerprint density at radius 1 is 1.16 bits per heavy atom. The zero-order valence-corrected chi connectivity index (χ0v) is 14.3. The molecule has 2 aliphatic rings. The first-order valence-corrected chi connectivity index (χ1v) is 9.08. The highest BCUT2D eigenvalue weighted by Gasteiger charge is 2.36. The molecule has 2 aromatic rings. The van der Waals surface area contributed by atoms with Gasteiger partial charge >= 0.3 is 6.18 Å². The number of nitrogens with one attached hydrogen (secondary N) is 1. The molecule has 0 atom stereocenters. The van der Waals surface area contributed by atoms with Gasteiger partial charge in [0, 0.05) is 50.0 Å². The van der Waals surface area contributed by atoms with Gasteiger partial charge in [0.2, 0.25) is 0 Å². The molecule has 1 aromatic carbocycles. The van der Waals surface area contributed by atoms with Crippen molar-refractivity contribution in [3.63, 3.8) is 0 Å². The van der Waals surface area contributed by atoms with Crippen molar-refractivity contribution in [1.82, 2.24) is 15.1 Å². The van der Waals surface area contributed by atoms with Gasteiger partial charge in [-0.15, -0.1) is 11.3 Å². The maximum Gasteiger partial charge on any atom is 0.416 e. The predicted octanol–water partition coefficient (Wildman–Crippen LogP) is 2.65. The van der Waals surface area contributed by atoms with E-state index in [2.05, 4.69) is 10.2 Å². The number of likely N-dealkylation sites (tertiary alicyclic amines) is 1. The highest BCUT2D eigenvalue weighted by atomic mass is 32.1. The van der Waals surface area contributed by atoms with E-state index in [1.807, 2.05) is 0 Å². The van der Waals surface area contributed by atoms with Crippen molar-refractivity contribution < 1.29 is 18.0 Å². The highest BCUT2D eigenvalue weighted by molar-refractivity contribution is 7.20. The fourth-order valence-corrected chi connectivity index (χ4v) is 4.44. The number of hydrogen-bond donors (Lipinski definition) is 1. The summed E-state index contributed by atoms with van der Waals surface area (Å²) >= 11 is 1.14. The molecule has 0 unspecified atom stereocenters. The van der Waals surface area contributed by atoms with Crippen LogP contribution in [0.1, 0.15) is 15.2 Å². The van der Waals surface area contributed by atoms with Crippen molar-refractivity contribution in [2.45, 2.75) is 12.2 Å². The Hall–Kier alpha value is -1.64. The van der Waals surface area contributed by atoms with Gasteiger partial charge in [0.05, 0.1) is 10.4 Å². The molecule has 0 aliphatic carbocycles. The van der Waals surface area contributed by atoms with Crippen LogP contribution in [0.15, 0.2) is 24.3 Å². The Kier molecular flexibility index (Phi) is 4.21. The van der Waals surface area contributed by atoms with Gasteiger partial charge in [-0.2, -0.15) is 13.2 Å². The first kappa shape index (κ1) is 16.8. The number of rotatable bonds is 2. The Morgan fingerprint density at radius 3 is 2.56 bits per heavy atom. The largest absolute Gasteiger partial charge is 0.416 e. The maximum atomic E-state index is 12.8. The van der Waals surface area contributed by atoms with Crippen molar-refractivity contribution >= 4 is 27.3 Å². The minimum Gasteiger partial charge on any atom is -0.335 e. The number of hydrogen-bond acceptors (Lipinski definition) is 4. The molecule has 8 heteroatoms. The minimum absolute atomic E-state index is 0.0823. The Balaban J connectivity index is 1.46.